The van der Waals surface area contributed by atoms with Gasteiger partial charge in [0.2, 0.25) is 0 Å². The van der Waals surface area contributed by atoms with Gasteiger partial charge in [0.05, 0.1) is 6.61 Å². The highest BCUT2D eigenvalue weighted by Gasteiger charge is 2.51. The quantitative estimate of drug-likeness (QED) is 0.00839. The topological polar surface area (TPSA) is 210 Å². The summed E-state index contributed by atoms with van der Waals surface area (Å²) in [6.45, 7) is 3.20. The summed E-state index contributed by atoms with van der Waals surface area (Å²) >= 11 is 0. The van der Waals surface area contributed by atoms with Crippen molar-refractivity contribution < 1.29 is 63.1 Å². The Morgan fingerprint density at radius 3 is 1.34 bits per heavy atom. The molecule has 0 aromatic rings. The summed E-state index contributed by atoms with van der Waals surface area (Å²) < 4.78 is 33.4. The first kappa shape index (κ1) is 62.8. The third-order valence-electron chi connectivity index (χ3n) is 12.2. The minimum Gasteiger partial charge on any atom is -0.462 e. The minimum absolute atomic E-state index is 0.0876. The summed E-state index contributed by atoms with van der Waals surface area (Å²) in [5, 5.41) is 50.2. The Bertz CT molecular complexity index is 1350. The van der Waals surface area contributed by atoms with Gasteiger partial charge in [-0.2, -0.15) is 0 Å². The molecular formula is C53H95O13P. The zero-order chi connectivity index (χ0) is 49.2. The van der Waals surface area contributed by atoms with Gasteiger partial charge < -0.3 is 39.9 Å². The van der Waals surface area contributed by atoms with Crippen molar-refractivity contribution in [1.29, 1.82) is 0 Å². The smallest absolute Gasteiger partial charge is 0.462 e. The van der Waals surface area contributed by atoms with E-state index in [2.05, 4.69) is 32.1 Å². The molecule has 0 aliphatic heterocycles. The van der Waals surface area contributed by atoms with Crippen LogP contribution in [0.15, 0.2) is 48.6 Å². The van der Waals surface area contributed by atoms with Crippen LogP contribution in [0.4, 0.5) is 0 Å². The van der Waals surface area contributed by atoms with Crippen molar-refractivity contribution in [3.05, 3.63) is 48.6 Å². The normalized spacial score (nSPS) is 21.5. The van der Waals surface area contributed by atoms with E-state index in [-0.39, 0.29) is 6.42 Å². The number of phosphoric acid groups is 1. The van der Waals surface area contributed by atoms with Crippen LogP contribution in [0.1, 0.15) is 219 Å². The van der Waals surface area contributed by atoms with Gasteiger partial charge >= 0.3 is 19.8 Å². The lowest BCUT2D eigenvalue weighted by atomic mass is 9.85. The Hall–Kier alpha value is -2.19. The Morgan fingerprint density at radius 1 is 0.493 bits per heavy atom. The average Bonchev–Trinajstić information content (AvgIpc) is 3.31. The molecular weight excluding hydrogens is 876 g/mol. The molecule has 6 N–H and O–H groups in total. The second-order valence-electron chi connectivity index (χ2n) is 18.4. The van der Waals surface area contributed by atoms with Crippen molar-refractivity contribution >= 4 is 19.8 Å². The average molecular weight is 971 g/mol. The summed E-state index contributed by atoms with van der Waals surface area (Å²) in [5.74, 6) is -1.40. The number of hydrogen-bond acceptors (Lipinski definition) is 12. The molecule has 0 radical (unpaired) electrons. The number of phosphoric ester groups is 1. The molecule has 1 aliphatic rings. The molecule has 8 atom stereocenters. The first-order valence-corrected chi connectivity index (χ1v) is 28.0. The summed E-state index contributed by atoms with van der Waals surface area (Å²) in [6.07, 6.45) is 39.6. The summed E-state index contributed by atoms with van der Waals surface area (Å²) in [7, 11) is -5.16. The number of aliphatic hydroxyl groups excluding tert-OH is 5. The molecule has 1 saturated carbocycles. The van der Waals surface area contributed by atoms with Gasteiger partial charge in [-0.25, -0.2) is 9.36 Å². The predicted molar refractivity (Wildman–Crippen MR) is 267 cm³/mol. The molecule has 1 rings (SSSR count). The van der Waals surface area contributed by atoms with E-state index >= 15 is 0 Å². The van der Waals surface area contributed by atoms with E-state index < -0.39 is 75.7 Å². The molecule has 0 amide bonds. The fraction of sp³-hybridized carbons (Fsp3) is 0.811. The van der Waals surface area contributed by atoms with Crippen molar-refractivity contribution in [1.82, 2.24) is 0 Å². The maximum absolute atomic E-state index is 12.8. The van der Waals surface area contributed by atoms with Gasteiger partial charge in [0, 0.05) is 12.5 Å². The van der Waals surface area contributed by atoms with Crippen molar-refractivity contribution in [2.75, 3.05) is 13.2 Å². The number of ether oxygens (including phenoxy) is 2. The summed E-state index contributed by atoms with van der Waals surface area (Å²) in [5.41, 5.74) is 0. The van der Waals surface area contributed by atoms with Crippen LogP contribution in [-0.2, 0) is 32.7 Å². The highest BCUT2D eigenvalue weighted by atomic mass is 31.2. The first-order chi connectivity index (χ1) is 32.4. The Morgan fingerprint density at radius 2 is 0.881 bits per heavy atom. The van der Waals surface area contributed by atoms with Gasteiger partial charge in [-0.1, -0.05) is 204 Å². The molecule has 13 nitrogen and oxygen atoms in total. The number of carbonyl (C=O) groups excluding carboxylic acids is 2. The van der Waals surface area contributed by atoms with Crippen molar-refractivity contribution in [3.63, 3.8) is 0 Å². The Labute approximate surface area is 405 Å². The Balaban J connectivity index is 2.42. The fourth-order valence-electron chi connectivity index (χ4n) is 7.98. The van der Waals surface area contributed by atoms with E-state index in [1.807, 2.05) is 12.2 Å². The molecule has 390 valence electrons. The van der Waals surface area contributed by atoms with Gasteiger partial charge in [0.15, 0.2) is 6.10 Å². The van der Waals surface area contributed by atoms with Crippen LogP contribution in [0.25, 0.3) is 0 Å². The number of hydrogen-bond donors (Lipinski definition) is 6. The highest BCUT2D eigenvalue weighted by Crippen LogP contribution is 2.47. The van der Waals surface area contributed by atoms with Crippen LogP contribution in [0.2, 0.25) is 0 Å². The zero-order valence-corrected chi connectivity index (χ0v) is 42.6. The van der Waals surface area contributed by atoms with Crippen LogP contribution in [0.5, 0.6) is 0 Å². The lowest BCUT2D eigenvalue weighted by molar-refractivity contribution is -0.220. The number of aliphatic hydroxyl groups is 5. The predicted octanol–water partition coefficient (Wildman–Crippen LogP) is 11.5. The first-order valence-electron chi connectivity index (χ1n) is 26.5. The molecule has 0 saturated heterocycles. The molecule has 67 heavy (non-hydrogen) atoms. The van der Waals surface area contributed by atoms with Crippen LogP contribution in [0.3, 0.4) is 0 Å². The minimum atomic E-state index is -5.16. The fourth-order valence-corrected chi connectivity index (χ4v) is 8.95. The van der Waals surface area contributed by atoms with Crippen molar-refractivity contribution in [2.45, 2.75) is 262 Å². The maximum Gasteiger partial charge on any atom is 0.472 e. The lowest BCUT2D eigenvalue weighted by Crippen LogP contribution is -2.64. The number of unbranched alkanes of at least 4 members (excludes halogenated alkanes) is 27. The largest absolute Gasteiger partial charge is 0.472 e. The standard InChI is InChI=1S/C53H95O13P/c1-3-5-7-9-11-13-15-17-19-20-21-22-23-24-25-26-28-29-31-33-35-37-39-41-46(54)63-43-45(44-64-67(61,62)66-53-51(59)49(57)48(56)50(58)52(53)60)65-47(55)42-40-38-36-34-32-30-27-18-16-14-12-10-8-6-4-2/h26,28,33,35-36,38,40,42,45,48-53,56-60H,3-25,27,29-32,34,37,39,41,43-44H2,1-2H3,(H,61,62)/b28-26+,35-33+,38-36+,42-40+/t45-,48?,49-,50?,51?,52?,53?/m0/s1. The van der Waals surface area contributed by atoms with Gasteiger partial charge in [-0.05, 0) is 51.4 Å². The molecule has 1 aliphatic carbocycles. The molecule has 0 heterocycles. The summed E-state index contributed by atoms with van der Waals surface area (Å²) in [6, 6.07) is 0. The van der Waals surface area contributed by atoms with E-state index in [1.54, 1.807) is 6.08 Å². The summed E-state index contributed by atoms with van der Waals surface area (Å²) in [4.78, 5) is 35.7. The van der Waals surface area contributed by atoms with Crippen molar-refractivity contribution in [3.8, 4) is 0 Å². The molecule has 6 unspecified atom stereocenters. The van der Waals surface area contributed by atoms with E-state index in [4.69, 9.17) is 18.5 Å². The molecule has 0 spiro atoms. The molecule has 0 aromatic heterocycles. The number of rotatable bonds is 44. The van der Waals surface area contributed by atoms with Crippen LogP contribution >= 0.6 is 7.82 Å². The third-order valence-corrected chi connectivity index (χ3v) is 13.2. The van der Waals surface area contributed by atoms with Gasteiger partial charge in [0.25, 0.3) is 0 Å². The van der Waals surface area contributed by atoms with Crippen molar-refractivity contribution in [2.24, 2.45) is 0 Å². The molecule has 0 aromatic carbocycles. The SMILES string of the molecule is CCCCCCCCCCCCC/C=C/C=C/C(=O)O[C@@H](COC(=O)CCC/C=C/CC/C=C/CCCCCCCCCCCCCCCC)COP(=O)(O)OC1C(O)C(O)C(O)[C@H](O)C1O. The van der Waals surface area contributed by atoms with E-state index in [0.29, 0.717) is 12.8 Å². The number of esters is 2. The second kappa shape index (κ2) is 42.7. The van der Waals surface area contributed by atoms with Crippen LogP contribution in [-0.4, -0.2) is 98.3 Å². The number of allylic oxidation sites excluding steroid dienone is 7. The molecule has 14 heteroatoms. The monoisotopic (exact) mass is 971 g/mol. The highest BCUT2D eigenvalue weighted by molar-refractivity contribution is 7.47. The zero-order valence-electron chi connectivity index (χ0n) is 41.7. The van der Waals surface area contributed by atoms with E-state index in [0.717, 1.165) is 44.6 Å². The number of carbonyl (C=O) groups is 2. The van der Waals surface area contributed by atoms with Crippen LogP contribution in [0, 0.1) is 0 Å². The van der Waals surface area contributed by atoms with Gasteiger partial charge in [-0.3, -0.25) is 13.8 Å². The van der Waals surface area contributed by atoms with E-state index in [9.17, 15) is 44.6 Å². The van der Waals surface area contributed by atoms with Gasteiger partial charge in [0.1, 0.15) is 43.2 Å². The molecule has 1 fully saturated rings. The Kier molecular flexibility index (Phi) is 40.0. The lowest BCUT2D eigenvalue weighted by Gasteiger charge is -2.41. The maximum atomic E-state index is 12.8. The second-order valence-corrected chi connectivity index (χ2v) is 19.8. The molecule has 0 bridgehead atoms. The third kappa shape index (κ3) is 34.7. The van der Waals surface area contributed by atoms with Gasteiger partial charge in [-0.15, -0.1) is 0 Å². The van der Waals surface area contributed by atoms with Crippen LogP contribution < -0.4 is 0 Å². The van der Waals surface area contributed by atoms with E-state index in [1.165, 1.54) is 154 Å².